The molecular formula is C26H32N2O5. The van der Waals surface area contributed by atoms with Gasteiger partial charge >= 0.3 is 12.1 Å². The van der Waals surface area contributed by atoms with Crippen molar-refractivity contribution in [3.05, 3.63) is 59.7 Å². The van der Waals surface area contributed by atoms with E-state index < -0.39 is 12.1 Å². The van der Waals surface area contributed by atoms with Gasteiger partial charge in [-0.15, -0.1) is 0 Å². The van der Waals surface area contributed by atoms with Crippen molar-refractivity contribution >= 4 is 18.0 Å². The van der Waals surface area contributed by atoms with E-state index in [1.54, 1.807) is 0 Å². The number of ether oxygens (including phenoxy) is 1. The molecule has 0 aliphatic heterocycles. The number of carboxylic acid groups (broad SMARTS) is 1. The van der Waals surface area contributed by atoms with Gasteiger partial charge in [0.15, 0.2) is 0 Å². The second-order valence-corrected chi connectivity index (χ2v) is 8.57. The van der Waals surface area contributed by atoms with Crippen LogP contribution in [0.5, 0.6) is 0 Å². The summed E-state index contributed by atoms with van der Waals surface area (Å²) in [6.45, 7) is 3.04. The molecule has 0 fully saturated rings. The van der Waals surface area contributed by atoms with Crippen molar-refractivity contribution < 1.29 is 24.2 Å². The van der Waals surface area contributed by atoms with Crippen LogP contribution in [0.4, 0.5) is 4.79 Å². The van der Waals surface area contributed by atoms with Crippen molar-refractivity contribution in [1.29, 1.82) is 0 Å². The van der Waals surface area contributed by atoms with E-state index in [9.17, 15) is 14.4 Å². The van der Waals surface area contributed by atoms with Crippen molar-refractivity contribution in [3.8, 4) is 11.1 Å². The number of nitrogens with one attached hydrogen (secondary N) is 2. The summed E-state index contributed by atoms with van der Waals surface area (Å²) in [6.07, 6.45) is 2.12. The maximum absolute atomic E-state index is 12.3. The Morgan fingerprint density at radius 2 is 1.58 bits per heavy atom. The molecule has 0 heterocycles. The number of aliphatic carboxylic acids is 1. The summed E-state index contributed by atoms with van der Waals surface area (Å²) < 4.78 is 5.52. The highest BCUT2D eigenvalue weighted by Crippen LogP contribution is 2.44. The monoisotopic (exact) mass is 452 g/mol. The van der Waals surface area contributed by atoms with Gasteiger partial charge in [-0.2, -0.15) is 0 Å². The van der Waals surface area contributed by atoms with Crippen molar-refractivity contribution in [2.24, 2.45) is 5.92 Å². The predicted octanol–water partition coefficient (Wildman–Crippen LogP) is 4.31. The molecule has 0 saturated carbocycles. The van der Waals surface area contributed by atoms with Crippen LogP contribution in [0.3, 0.4) is 0 Å². The van der Waals surface area contributed by atoms with E-state index in [-0.39, 0.29) is 30.8 Å². The van der Waals surface area contributed by atoms with Gasteiger partial charge in [-0.1, -0.05) is 61.9 Å². The quantitative estimate of drug-likeness (QED) is 0.416. The molecule has 33 heavy (non-hydrogen) atoms. The van der Waals surface area contributed by atoms with E-state index in [0.29, 0.717) is 25.9 Å². The van der Waals surface area contributed by atoms with Gasteiger partial charge in [-0.25, -0.2) is 4.79 Å². The molecule has 1 unspecified atom stereocenters. The molecular weight excluding hydrogens is 420 g/mol. The summed E-state index contributed by atoms with van der Waals surface area (Å²) >= 11 is 0. The molecule has 2 amide bonds. The molecule has 0 bridgehead atoms. The van der Waals surface area contributed by atoms with Crippen LogP contribution in [0.1, 0.15) is 56.1 Å². The normalized spacial score (nSPS) is 13.0. The van der Waals surface area contributed by atoms with Gasteiger partial charge in [0.2, 0.25) is 5.91 Å². The Labute approximate surface area is 194 Å². The van der Waals surface area contributed by atoms with Gasteiger partial charge < -0.3 is 20.5 Å². The minimum absolute atomic E-state index is 0.0156. The molecule has 0 spiro atoms. The molecule has 1 aliphatic carbocycles. The maximum atomic E-state index is 12.3. The van der Waals surface area contributed by atoms with Crippen molar-refractivity contribution in [1.82, 2.24) is 10.6 Å². The molecule has 0 aromatic heterocycles. The van der Waals surface area contributed by atoms with Crippen molar-refractivity contribution in [3.63, 3.8) is 0 Å². The van der Waals surface area contributed by atoms with Crippen LogP contribution in [-0.2, 0) is 14.3 Å². The van der Waals surface area contributed by atoms with Gasteiger partial charge in [0.1, 0.15) is 6.61 Å². The Morgan fingerprint density at radius 1 is 0.939 bits per heavy atom. The van der Waals surface area contributed by atoms with Crippen LogP contribution in [0.15, 0.2) is 48.5 Å². The molecule has 1 aliphatic rings. The van der Waals surface area contributed by atoms with Crippen LogP contribution < -0.4 is 10.6 Å². The lowest BCUT2D eigenvalue weighted by Gasteiger charge is -2.16. The number of carboxylic acids is 1. The lowest BCUT2D eigenvalue weighted by molar-refractivity contribution is -0.137. The minimum atomic E-state index is -0.795. The number of carbonyl (C=O) groups is 3. The molecule has 0 saturated heterocycles. The van der Waals surface area contributed by atoms with E-state index >= 15 is 0 Å². The summed E-state index contributed by atoms with van der Waals surface area (Å²) in [5, 5.41) is 14.2. The third-order valence-corrected chi connectivity index (χ3v) is 5.86. The summed E-state index contributed by atoms with van der Waals surface area (Å²) in [5.41, 5.74) is 4.70. The average Bonchev–Trinajstić information content (AvgIpc) is 3.12. The standard InChI is InChI=1S/C26H32N2O5/c1-18(15-24(29)27-14-8-2-3-13-25(30)31)16-28-26(32)33-17-23-21-11-6-4-9-19(21)20-10-5-7-12-22(20)23/h4-7,9-12,18,23H,2-3,8,13-17H2,1H3,(H,27,29)(H,28,32)(H,30,31). The Hall–Kier alpha value is -3.35. The SMILES string of the molecule is CC(CNC(=O)OCC1c2ccccc2-c2ccccc21)CC(=O)NCCCCCC(=O)O. The first kappa shape index (κ1) is 24.3. The lowest BCUT2D eigenvalue weighted by atomic mass is 9.98. The molecule has 7 nitrogen and oxygen atoms in total. The fourth-order valence-corrected chi connectivity index (χ4v) is 4.17. The minimum Gasteiger partial charge on any atom is -0.481 e. The van der Waals surface area contributed by atoms with Gasteiger partial charge in [0, 0.05) is 31.8 Å². The highest BCUT2D eigenvalue weighted by molar-refractivity contribution is 5.79. The first-order valence-corrected chi connectivity index (χ1v) is 11.5. The fourth-order valence-electron chi connectivity index (χ4n) is 4.17. The number of carbonyl (C=O) groups excluding carboxylic acids is 2. The summed E-state index contributed by atoms with van der Waals surface area (Å²) in [4.78, 5) is 34.8. The van der Waals surface area contributed by atoms with Gasteiger partial charge in [-0.3, -0.25) is 9.59 Å². The zero-order chi connectivity index (χ0) is 23.6. The topological polar surface area (TPSA) is 105 Å². The average molecular weight is 453 g/mol. The zero-order valence-electron chi connectivity index (χ0n) is 19.0. The molecule has 7 heteroatoms. The van der Waals surface area contributed by atoms with E-state index in [1.165, 1.54) is 22.3 Å². The largest absolute Gasteiger partial charge is 0.481 e. The molecule has 1 atom stereocenters. The van der Waals surface area contributed by atoms with Gasteiger partial charge in [0.05, 0.1) is 0 Å². The van der Waals surface area contributed by atoms with Crippen LogP contribution in [0.25, 0.3) is 11.1 Å². The van der Waals surface area contributed by atoms with E-state index in [0.717, 1.165) is 12.8 Å². The number of unbranched alkanes of at least 4 members (excludes halogenated alkanes) is 2. The molecule has 2 aromatic rings. The zero-order valence-corrected chi connectivity index (χ0v) is 19.0. The van der Waals surface area contributed by atoms with Crippen molar-refractivity contribution in [2.45, 2.75) is 44.9 Å². The van der Waals surface area contributed by atoms with Gasteiger partial charge in [0.25, 0.3) is 0 Å². The Morgan fingerprint density at radius 3 is 2.21 bits per heavy atom. The number of alkyl carbamates (subject to hydrolysis) is 1. The number of amides is 2. The third-order valence-electron chi connectivity index (χ3n) is 5.86. The van der Waals surface area contributed by atoms with Crippen LogP contribution in [0.2, 0.25) is 0 Å². The summed E-state index contributed by atoms with van der Waals surface area (Å²) in [6, 6.07) is 16.4. The Balaban J connectivity index is 1.35. The molecule has 0 radical (unpaired) electrons. The highest BCUT2D eigenvalue weighted by atomic mass is 16.5. The number of hydrogen-bond donors (Lipinski definition) is 3. The second-order valence-electron chi connectivity index (χ2n) is 8.57. The highest BCUT2D eigenvalue weighted by Gasteiger charge is 2.29. The van der Waals surface area contributed by atoms with E-state index in [1.807, 2.05) is 31.2 Å². The van der Waals surface area contributed by atoms with Gasteiger partial charge in [-0.05, 0) is 41.0 Å². The fraction of sp³-hybridized carbons (Fsp3) is 0.423. The van der Waals surface area contributed by atoms with Crippen LogP contribution >= 0.6 is 0 Å². The van der Waals surface area contributed by atoms with Crippen LogP contribution in [0, 0.1) is 5.92 Å². The first-order valence-electron chi connectivity index (χ1n) is 11.5. The van der Waals surface area contributed by atoms with E-state index in [2.05, 4.69) is 34.9 Å². The lowest BCUT2D eigenvalue weighted by Crippen LogP contribution is -2.33. The maximum Gasteiger partial charge on any atom is 0.407 e. The molecule has 3 N–H and O–H groups in total. The third kappa shape index (κ3) is 7.07. The number of hydrogen-bond acceptors (Lipinski definition) is 4. The summed E-state index contributed by atoms with van der Waals surface area (Å²) in [7, 11) is 0. The predicted molar refractivity (Wildman–Crippen MR) is 126 cm³/mol. The van der Waals surface area contributed by atoms with Crippen LogP contribution in [-0.4, -0.2) is 42.8 Å². The second kappa shape index (κ2) is 12.0. The number of rotatable bonds is 12. The molecule has 176 valence electrons. The van der Waals surface area contributed by atoms with E-state index in [4.69, 9.17) is 9.84 Å². The molecule has 2 aromatic carbocycles. The number of fused-ring (bicyclic) bond motifs is 3. The molecule has 3 rings (SSSR count). The van der Waals surface area contributed by atoms with Crippen molar-refractivity contribution in [2.75, 3.05) is 19.7 Å². The Bertz CT molecular complexity index is 929. The summed E-state index contributed by atoms with van der Waals surface area (Å²) in [5.74, 6) is -0.883. The number of benzene rings is 2. The first-order chi connectivity index (χ1) is 16.0. The smallest absolute Gasteiger partial charge is 0.407 e. The Kier molecular flexibility index (Phi) is 8.87.